The molecule has 116 valence electrons. The van der Waals surface area contributed by atoms with Crippen LogP contribution in [0.4, 0.5) is 0 Å². The Bertz CT molecular complexity index is 667. The van der Waals surface area contributed by atoms with Gasteiger partial charge in [0, 0.05) is 26.0 Å². The highest BCUT2D eigenvalue weighted by atomic mass is 16.4. The van der Waals surface area contributed by atoms with E-state index in [2.05, 4.69) is 9.98 Å². The first-order chi connectivity index (χ1) is 10.3. The molecule has 4 N–H and O–H groups in total. The third kappa shape index (κ3) is 2.62. The fourth-order valence-electron chi connectivity index (χ4n) is 2.48. The third-order valence-electron chi connectivity index (χ3n) is 3.39. The van der Waals surface area contributed by atoms with Gasteiger partial charge in [0.05, 0.1) is 11.5 Å². The molecule has 0 aromatic carbocycles. The fraction of sp³-hybridized carbons (Fsp3) is 0.286. The first kappa shape index (κ1) is 15.5. The normalized spacial score (nSPS) is 21.3. The zero-order chi connectivity index (χ0) is 16.4. The monoisotopic (exact) mass is 304 g/mol. The predicted octanol–water partition coefficient (Wildman–Crippen LogP) is 0.0946. The van der Waals surface area contributed by atoms with Gasteiger partial charge in [-0.05, 0) is 12.1 Å². The minimum Gasteiger partial charge on any atom is -0.481 e. The van der Waals surface area contributed by atoms with Gasteiger partial charge in [0.2, 0.25) is 0 Å². The average Bonchev–Trinajstić information content (AvgIpc) is 2.46. The first-order valence-corrected chi connectivity index (χ1v) is 6.47. The van der Waals surface area contributed by atoms with Crippen LogP contribution in [0, 0.1) is 5.92 Å². The van der Waals surface area contributed by atoms with Crippen LogP contribution in [-0.2, 0) is 9.59 Å². The van der Waals surface area contributed by atoms with Gasteiger partial charge in [0.1, 0.15) is 17.6 Å². The Kier molecular flexibility index (Phi) is 4.11. The van der Waals surface area contributed by atoms with Gasteiger partial charge in [0.25, 0.3) is 0 Å². The van der Waals surface area contributed by atoms with Crippen LogP contribution >= 0.6 is 0 Å². The molecule has 2 atom stereocenters. The van der Waals surface area contributed by atoms with E-state index in [-0.39, 0.29) is 17.2 Å². The van der Waals surface area contributed by atoms with Gasteiger partial charge in [-0.1, -0.05) is 6.07 Å². The Morgan fingerprint density at radius 3 is 2.41 bits per heavy atom. The Morgan fingerprint density at radius 1 is 1.27 bits per heavy atom. The van der Waals surface area contributed by atoms with E-state index >= 15 is 0 Å². The molecule has 1 aliphatic rings. The van der Waals surface area contributed by atoms with Crippen molar-refractivity contribution in [1.29, 1.82) is 0 Å². The molecule has 8 heteroatoms. The SMILES string of the molecule is CN(C)C1=NC(N)=C(C(=O)O)C(c2ccccn2)C1C(=O)O. The van der Waals surface area contributed by atoms with E-state index in [9.17, 15) is 19.8 Å². The van der Waals surface area contributed by atoms with E-state index in [4.69, 9.17) is 5.73 Å². The van der Waals surface area contributed by atoms with Crippen molar-refractivity contribution in [3.05, 3.63) is 41.5 Å². The zero-order valence-electron chi connectivity index (χ0n) is 12.1. The molecule has 0 radical (unpaired) electrons. The number of amidine groups is 1. The summed E-state index contributed by atoms with van der Waals surface area (Å²) in [5.74, 6) is -4.69. The molecule has 2 heterocycles. The quantitative estimate of drug-likeness (QED) is 0.721. The summed E-state index contributed by atoms with van der Waals surface area (Å²) < 4.78 is 0. The van der Waals surface area contributed by atoms with E-state index in [1.165, 1.54) is 11.1 Å². The number of hydrogen-bond donors (Lipinski definition) is 3. The molecular formula is C14H16N4O4. The number of aromatic nitrogens is 1. The maximum absolute atomic E-state index is 11.7. The number of aliphatic imine (C=N–C) groups is 1. The number of nitrogens with zero attached hydrogens (tertiary/aromatic N) is 3. The number of nitrogens with two attached hydrogens (primary N) is 1. The smallest absolute Gasteiger partial charge is 0.336 e. The van der Waals surface area contributed by atoms with Crippen molar-refractivity contribution in [2.75, 3.05) is 14.1 Å². The van der Waals surface area contributed by atoms with Crippen molar-refractivity contribution in [3.63, 3.8) is 0 Å². The molecule has 22 heavy (non-hydrogen) atoms. The van der Waals surface area contributed by atoms with Crippen LogP contribution in [0.15, 0.2) is 40.8 Å². The highest BCUT2D eigenvalue weighted by Gasteiger charge is 2.44. The Hall–Kier alpha value is -2.90. The second-order valence-corrected chi connectivity index (χ2v) is 5.02. The molecule has 1 aromatic heterocycles. The highest BCUT2D eigenvalue weighted by molar-refractivity contribution is 6.05. The summed E-state index contributed by atoms with van der Waals surface area (Å²) in [6.07, 6.45) is 1.48. The topological polar surface area (TPSA) is 129 Å². The molecule has 1 aromatic rings. The van der Waals surface area contributed by atoms with Crippen molar-refractivity contribution in [3.8, 4) is 0 Å². The largest absolute Gasteiger partial charge is 0.481 e. The standard InChI is InChI=1S/C14H16N4O4/c1-18(2)12-10(14(21)22)8(7-5-3-4-6-16-7)9(13(19)20)11(15)17-12/h3-6,8,10H,15H2,1-2H3,(H,19,20)(H,21,22). The van der Waals surface area contributed by atoms with Gasteiger partial charge < -0.3 is 20.8 Å². The number of hydrogen-bond acceptors (Lipinski definition) is 6. The summed E-state index contributed by atoms with van der Waals surface area (Å²) in [6.45, 7) is 0. The van der Waals surface area contributed by atoms with Crippen molar-refractivity contribution in [2.24, 2.45) is 16.6 Å². The van der Waals surface area contributed by atoms with Crippen LogP contribution in [0.3, 0.4) is 0 Å². The van der Waals surface area contributed by atoms with Gasteiger partial charge in [-0.3, -0.25) is 9.78 Å². The zero-order valence-corrected chi connectivity index (χ0v) is 12.1. The highest BCUT2D eigenvalue weighted by Crippen LogP contribution is 2.37. The molecule has 1 aliphatic heterocycles. The van der Waals surface area contributed by atoms with Crippen LogP contribution in [0.1, 0.15) is 11.6 Å². The summed E-state index contributed by atoms with van der Waals surface area (Å²) >= 11 is 0. The molecule has 2 rings (SSSR count). The number of aliphatic carboxylic acids is 2. The second-order valence-electron chi connectivity index (χ2n) is 5.02. The molecule has 2 unspecified atom stereocenters. The lowest BCUT2D eigenvalue weighted by Gasteiger charge is -2.32. The number of rotatable bonds is 3. The number of carboxylic acids is 2. The third-order valence-corrected chi connectivity index (χ3v) is 3.39. The van der Waals surface area contributed by atoms with Gasteiger partial charge in [0.15, 0.2) is 0 Å². The summed E-state index contributed by atoms with van der Waals surface area (Å²) in [7, 11) is 3.26. The van der Waals surface area contributed by atoms with Crippen molar-refractivity contribution in [1.82, 2.24) is 9.88 Å². The molecule has 0 saturated carbocycles. The van der Waals surface area contributed by atoms with E-state index < -0.39 is 23.8 Å². The molecule has 0 spiro atoms. The first-order valence-electron chi connectivity index (χ1n) is 6.47. The summed E-state index contributed by atoms with van der Waals surface area (Å²) in [4.78, 5) is 32.9. The van der Waals surface area contributed by atoms with Crippen molar-refractivity contribution in [2.45, 2.75) is 5.92 Å². The minimum atomic E-state index is -1.30. The van der Waals surface area contributed by atoms with Crippen LogP contribution in [0.2, 0.25) is 0 Å². The van der Waals surface area contributed by atoms with Crippen LogP contribution in [-0.4, -0.2) is 52.0 Å². The maximum atomic E-state index is 11.7. The van der Waals surface area contributed by atoms with Crippen LogP contribution in [0.5, 0.6) is 0 Å². The predicted molar refractivity (Wildman–Crippen MR) is 78.1 cm³/mol. The minimum absolute atomic E-state index is 0.186. The lowest BCUT2D eigenvalue weighted by Crippen LogP contribution is -2.43. The van der Waals surface area contributed by atoms with Gasteiger partial charge in [-0.25, -0.2) is 9.79 Å². The summed E-state index contributed by atoms with van der Waals surface area (Å²) in [6, 6.07) is 4.91. The Balaban J connectivity index is 2.70. The summed E-state index contributed by atoms with van der Waals surface area (Å²) in [5, 5.41) is 19.0. The Morgan fingerprint density at radius 2 is 1.95 bits per heavy atom. The van der Waals surface area contributed by atoms with Gasteiger partial charge in [-0.15, -0.1) is 0 Å². The van der Waals surface area contributed by atoms with E-state index in [0.717, 1.165) is 0 Å². The lowest BCUT2D eigenvalue weighted by molar-refractivity contribution is -0.140. The van der Waals surface area contributed by atoms with E-state index in [0.29, 0.717) is 5.69 Å². The van der Waals surface area contributed by atoms with E-state index in [1.807, 2.05) is 0 Å². The molecular weight excluding hydrogens is 288 g/mol. The fourth-order valence-corrected chi connectivity index (χ4v) is 2.48. The van der Waals surface area contributed by atoms with Crippen LogP contribution < -0.4 is 5.73 Å². The van der Waals surface area contributed by atoms with Gasteiger partial charge >= 0.3 is 11.9 Å². The van der Waals surface area contributed by atoms with Gasteiger partial charge in [-0.2, -0.15) is 0 Å². The molecule has 0 saturated heterocycles. The molecule has 8 nitrogen and oxygen atoms in total. The number of pyridine rings is 1. The second kappa shape index (κ2) is 5.84. The molecule has 0 aliphatic carbocycles. The number of carbonyl (C=O) groups is 2. The molecule has 0 bridgehead atoms. The summed E-state index contributed by atoms with van der Waals surface area (Å²) in [5.41, 5.74) is 5.83. The Labute approximate surface area is 126 Å². The van der Waals surface area contributed by atoms with Crippen LogP contribution in [0.25, 0.3) is 0 Å². The molecule has 0 amide bonds. The molecule has 0 fully saturated rings. The van der Waals surface area contributed by atoms with E-state index in [1.54, 1.807) is 32.3 Å². The number of carboxylic acid groups (broad SMARTS) is 2. The van der Waals surface area contributed by atoms with Crippen molar-refractivity contribution >= 4 is 17.8 Å². The van der Waals surface area contributed by atoms with Crippen molar-refractivity contribution < 1.29 is 19.8 Å². The maximum Gasteiger partial charge on any atom is 0.336 e. The lowest BCUT2D eigenvalue weighted by atomic mass is 9.79. The average molecular weight is 304 g/mol.